The fourth-order valence-electron chi connectivity index (χ4n) is 4.75. The molecule has 0 heterocycles. The Morgan fingerprint density at radius 1 is 1.10 bits per heavy atom. The van der Waals surface area contributed by atoms with Crippen LogP contribution in [0.3, 0.4) is 0 Å². The number of fused-ring (bicyclic) bond motifs is 1. The Bertz CT molecular complexity index is 1180. The molecule has 5 nitrogen and oxygen atoms in total. The fraction of sp³-hybridized carbons (Fsp3) is 0.320. The summed E-state index contributed by atoms with van der Waals surface area (Å²) < 4.78 is 25.9. The molecule has 162 valence electrons. The largest absolute Gasteiger partial charge is 0.326 e. The number of hydrogen-bond acceptors (Lipinski definition) is 3. The Morgan fingerprint density at radius 2 is 1.90 bits per heavy atom. The summed E-state index contributed by atoms with van der Waals surface area (Å²) in [6.45, 7) is 1.54. The van der Waals surface area contributed by atoms with Gasteiger partial charge in [-0.2, -0.15) is 0 Å². The van der Waals surface area contributed by atoms with E-state index in [1.54, 1.807) is 13.0 Å². The van der Waals surface area contributed by atoms with Gasteiger partial charge < -0.3 is 5.32 Å². The van der Waals surface area contributed by atoms with Gasteiger partial charge in [-0.3, -0.25) is 9.52 Å². The van der Waals surface area contributed by atoms with Crippen LogP contribution >= 0.6 is 0 Å². The number of sulfonamides is 1. The summed E-state index contributed by atoms with van der Waals surface area (Å²) in [5.74, 6) is 0.0950. The topological polar surface area (TPSA) is 75.3 Å². The van der Waals surface area contributed by atoms with Crippen molar-refractivity contribution in [2.24, 2.45) is 0 Å². The molecule has 2 aliphatic carbocycles. The number of allylic oxidation sites excluding steroid dienone is 4. The highest BCUT2D eigenvalue weighted by Crippen LogP contribution is 2.43. The SMILES string of the molecule is CC(=O)Nc1cccc2c1CCC1=C(C=CCC1)C2Cc1cccc(NS(C)(=O)=O)c1. The molecule has 1 unspecified atom stereocenters. The minimum atomic E-state index is -3.33. The van der Waals surface area contributed by atoms with Crippen molar-refractivity contribution in [2.45, 2.75) is 44.9 Å². The molecule has 2 aromatic rings. The third-order valence-electron chi connectivity index (χ3n) is 5.94. The number of carbonyl (C=O) groups excluding carboxylic acids is 1. The number of anilines is 2. The predicted octanol–water partition coefficient (Wildman–Crippen LogP) is 4.94. The number of hydrogen-bond donors (Lipinski definition) is 2. The molecule has 2 aliphatic rings. The van der Waals surface area contributed by atoms with E-state index in [0.717, 1.165) is 49.6 Å². The van der Waals surface area contributed by atoms with Crippen LogP contribution in [0, 0.1) is 0 Å². The van der Waals surface area contributed by atoms with Gasteiger partial charge in [-0.15, -0.1) is 0 Å². The second-order valence-corrected chi connectivity index (χ2v) is 10.1. The van der Waals surface area contributed by atoms with E-state index in [1.807, 2.05) is 30.3 Å². The van der Waals surface area contributed by atoms with Gasteiger partial charge in [0.15, 0.2) is 0 Å². The molecule has 0 spiro atoms. The van der Waals surface area contributed by atoms with Crippen LogP contribution in [0.15, 0.2) is 65.8 Å². The minimum Gasteiger partial charge on any atom is -0.326 e. The first-order chi connectivity index (χ1) is 14.8. The normalized spacial score (nSPS) is 18.1. The third-order valence-corrected chi connectivity index (χ3v) is 6.55. The predicted molar refractivity (Wildman–Crippen MR) is 126 cm³/mol. The number of carbonyl (C=O) groups is 1. The van der Waals surface area contributed by atoms with E-state index in [1.165, 1.54) is 22.3 Å². The lowest BCUT2D eigenvalue weighted by Crippen LogP contribution is -2.13. The Hall–Kier alpha value is -2.86. The van der Waals surface area contributed by atoms with Crippen molar-refractivity contribution in [1.82, 2.24) is 0 Å². The molecule has 0 fully saturated rings. The van der Waals surface area contributed by atoms with Crippen molar-refractivity contribution in [3.8, 4) is 0 Å². The highest BCUT2D eigenvalue weighted by Gasteiger charge is 2.27. The van der Waals surface area contributed by atoms with Crippen LogP contribution in [0.25, 0.3) is 0 Å². The summed E-state index contributed by atoms with van der Waals surface area (Å²) in [5, 5.41) is 3.01. The average molecular weight is 437 g/mol. The lowest BCUT2D eigenvalue weighted by Gasteiger charge is -2.25. The van der Waals surface area contributed by atoms with Gasteiger partial charge in [0, 0.05) is 24.2 Å². The highest BCUT2D eigenvalue weighted by molar-refractivity contribution is 7.92. The molecule has 2 aromatic carbocycles. The van der Waals surface area contributed by atoms with Crippen LogP contribution in [0.2, 0.25) is 0 Å². The number of benzene rings is 2. The zero-order chi connectivity index (χ0) is 22.0. The molecule has 31 heavy (non-hydrogen) atoms. The van der Waals surface area contributed by atoms with Gasteiger partial charge in [-0.05, 0) is 72.6 Å². The number of rotatable bonds is 5. The maximum Gasteiger partial charge on any atom is 0.229 e. The standard InChI is InChI=1S/C25H28N2O3S/c1-17(28)26-25-12-6-11-22-23(25)14-13-19-8-3-4-10-21(19)24(22)16-18-7-5-9-20(15-18)27-31(2,29)30/h4-7,9-12,15,24,27H,3,8,13-14,16H2,1-2H3,(H,26,28). The summed E-state index contributed by atoms with van der Waals surface area (Å²) >= 11 is 0. The highest BCUT2D eigenvalue weighted by atomic mass is 32.2. The van der Waals surface area contributed by atoms with Gasteiger partial charge in [0.25, 0.3) is 0 Å². The van der Waals surface area contributed by atoms with Crippen LogP contribution in [-0.2, 0) is 27.7 Å². The lowest BCUT2D eigenvalue weighted by atomic mass is 9.80. The monoisotopic (exact) mass is 436 g/mol. The van der Waals surface area contributed by atoms with E-state index in [4.69, 9.17) is 0 Å². The van der Waals surface area contributed by atoms with E-state index in [-0.39, 0.29) is 11.8 Å². The molecular weight excluding hydrogens is 408 g/mol. The summed E-state index contributed by atoms with van der Waals surface area (Å²) in [6.07, 6.45) is 10.5. The van der Waals surface area contributed by atoms with Gasteiger partial charge in [0.1, 0.15) is 0 Å². The van der Waals surface area contributed by atoms with E-state index in [2.05, 4.69) is 28.3 Å². The Labute approximate surface area is 184 Å². The molecule has 4 rings (SSSR count). The van der Waals surface area contributed by atoms with Gasteiger partial charge >= 0.3 is 0 Å². The van der Waals surface area contributed by atoms with Gasteiger partial charge in [-0.1, -0.05) is 42.0 Å². The van der Waals surface area contributed by atoms with Crippen LogP contribution in [0.4, 0.5) is 11.4 Å². The minimum absolute atomic E-state index is 0.0636. The molecule has 1 atom stereocenters. The molecule has 1 amide bonds. The fourth-order valence-corrected chi connectivity index (χ4v) is 5.31. The van der Waals surface area contributed by atoms with Crippen LogP contribution in [0.5, 0.6) is 0 Å². The Kier molecular flexibility index (Phi) is 6.01. The average Bonchev–Trinajstić information content (AvgIpc) is 2.85. The zero-order valence-corrected chi connectivity index (χ0v) is 18.8. The van der Waals surface area contributed by atoms with E-state index in [9.17, 15) is 13.2 Å². The van der Waals surface area contributed by atoms with Crippen molar-refractivity contribution in [3.63, 3.8) is 0 Å². The summed E-state index contributed by atoms with van der Waals surface area (Å²) in [4.78, 5) is 11.8. The molecule has 0 saturated heterocycles. The third kappa shape index (κ3) is 5.07. The summed E-state index contributed by atoms with van der Waals surface area (Å²) in [7, 11) is -3.33. The second-order valence-electron chi connectivity index (χ2n) is 8.39. The van der Waals surface area contributed by atoms with Crippen molar-refractivity contribution in [1.29, 1.82) is 0 Å². The second kappa shape index (κ2) is 8.71. The molecule has 0 aromatic heterocycles. The molecular formula is C25H28N2O3S. The zero-order valence-electron chi connectivity index (χ0n) is 17.9. The van der Waals surface area contributed by atoms with Crippen molar-refractivity contribution >= 4 is 27.3 Å². The number of nitrogens with one attached hydrogen (secondary N) is 2. The smallest absolute Gasteiger partial charge is 0.229 e. The molecule has 0 radical (unpaired) electrons. The Balaban J connectivity index is 1.76. The van der Waals surface area contributed by atoms with E-state index >= 15 is 0 Å². The molecule has 0 bridgehead atoms. The van der Waals surface area contributed by atoms with E-state index < -0.39 is 10.0 Å². The van der Waals surface area contributed by atoms with Crippen LogP contribution in [-0.4, -0.2) is 20.6 Å². The molecule has 2 N–H and O–H groups in total. The molecule has 6 heteroatoms. The Morgan fingerprint density at radius 3 is 2.68 bits per heavy atom. The van der Waals surface area contributed by atoms with E-state index in [0.29, 0.717) is 5.69 Å². The molecule has 0 aliphatic heterocycles. The molecule has 0 saturated carbocycles. The first-order valence-corrected chi connectivity index (χ1v) is 12.5. The first kappa shape index (κ1) is 21.4. The number of amides is 1. The summed E-state index contributed by atoms with van der Waals surface area (Å²) in [6, 6.07) is 13.8. The van der Waals surface area contributed by atoms with Crippen molar-refractivity contribution in [2.75, 3.05) is 16.3 Å². The van der Waals surface area contributed by atoms with Crippen LogP contribution in [0.1, 0.15) is 48.8 Å². The maximum atomic E-state index is 11.8. The maximum absolute atomic E-state index is 11.8. The lowest BCUT2D eigenvalue weighted by molar-refractivity contribution is -0.114. The summed E-state index contributed by atoms with van der Waals surface area (Å²) in [5.41, 5.74) is 7.84. The quantitative estimate of drug-likeness (QED) is 0.697. The van der Waals surface area contributed by atoms with Gasteiger partial charge in [0.2, 0.25) is 15.9 Å². The van der Waals surface area contributed by atoms with Crippen molar-refractivity contribution < 1.29 is 13.2 Å². The first-order valence-electron chi connectivity index (χ1n) is 10.6. The van der Waals surface area contributed by atoms with Gasteiger partial charge in [-0.25, -0.2) is 8.42 Å². The van der Waals surface area contributed by atoms with Crippen LogP contribution < -0.4 is 10.0 Å². The van der Waals surface area contributed by atoms with Crippen molar-refractivity contribution in [3.05, 3.63) is 82.5 Å². The van der Waals surface area contributed by atoms with Gasteiger partial charge in [0.05, 0.1) is 6.26 Å².